The molecule has 0 amide bonds. The Morgan fingerprint density at radius 3 is 2.33 bits per heavy atom. The molecule has 0 spiro atoms. The molecule has 4 fully saturated rings. The van der Waals surface area contributed by atoms with Crippen LogP contribution in [0.2, 0.25) is 0 Å². The molecule has 0 aromatic heterocycles. The van der Waals surface area contributed by atoms with Gasteiger partial charge in [0.2, 0.25) is 5.12 Å². The van der Waals surface area contributed by atoms with Crippen molar-refractivity contribution >= 4 is 11.8 Å². The smallest absolute Gasteiger partial charge is 0.221 e. The van der Waals surface area contributed by atoms with Gasteiger partial charge in [-0.05, 0) is 19.3 Å². The number of hydrogen-bond acceptors (Lipinski definition) is 3. The van der Waals surface area contributed by atoms with E-state index in [0.717, 1.165) is 13.2 Å². The molecule has 3 heteroatoms. The van der Waals surface area contributed by atoms with Gasteiger partial charge in [-0.15, -0.1) is 0 Å². The lowest BCUT2D eigenvalue weighted by Gasteiger charge is -2.58. The van der Waals surface area contributed by atoms with Gasteiger partial charge in [-0.2, -0.15) is 0 Å². The van der Waals surface area contributed by atoms with Crippen molar-refractivity contribution in [3.63, 3.8) is 0 Å². The van der Waals surface area contributed by atoms with Crippen LogP contribution in [-0.2, 0) is 9.47 Å². The highest BCUT2D eigenvalue weighted by atomic mass is 32.2. The summed E-state index contributed by atoms with van der Waals surface area (Å²) in [5.74, 6) is 0.624. The van der Waals surface area contributed by atoms with Gasteiger partial charge < -0.3 is 9.47 Å². The zero-order chi connectivity index (χ0) is 12.6. The summed E-state index contributed by atoms with van der Waals surface area (Å²) in [7, 11) is 0. The Morgan fingerprint density at radius 2 is 1.78 bits per heavy atom. The summed E-state index contributed by atoms with van der Waals surface area (Å²) in [6.07, 6.45) is 9.16. The highest BCUT2D eigenvalue weighted by Crippen LogP contribution is 2.58. The second-order valence-corrected chi connectivity index (χ2v) is 7.90. The fourth-order valence-electron chi connectivity index (χ4n) is 3.88. The van der Waals surface area contributed by atoms with Crippen molar-refractivity contribution in [3.05, 3.63) is 0 Å². The molecule has 18 heavy (non-hydrogen) atoms. The van der Waals surface area contributed by atoms with Crippen molar-refractivity contribution in [2.75, 3.05) is 13.2 Å². The van der Waals surface area contributed by atoms with Gasteiger partial charge in [-0.25, -0.2) is 0 Å². The normalized spacial score (nSPS) is 45.3. The molecule has 0 aromatic rings. The minimum absolute atomic E-state index is 0.282. The average Bonchev–Trinajstić information content (AvgIpc) is 2.42. The number of thioether (sulfide) groups is 1. The molecule has 0 aromatic carbocycles. The molecule has 3 heterocycles. The van der Waals surface area contributed by atoms with Gasteiger partial charge in [0.15, 0.2) is 0 Å². The van der Waals surface area contributed by atoms with Gasteiger partial charge in [0.05, 0.1) is 13.2 Å². The van der Waals surface area contributed by atoms with E-state index in [1.54, 1.807) is 0 Å². The first-order valence-corrected chi connectivity index (χ1v) is 8.54. The molecule has 1 atom stereocenters. The fraction of sp³-hybridized carbons (Fsp3) is 1.00. The highest BCUT2D eigenvalue weighted by molar-refractivity contribution is 8.01. The minimum atomic E-state index is -0.282. The van der Waals surface area contributed by atoms with Gasteiger partial charge in [-0.1, -0.05) is 51.3 Å². The van der Waals surface area contributed by atoms with Crippen molar-refractivity contribution in [2.24, 2.45) is 11.3 Å². The van der Waals surface area contributed by atoms with Crippen molar-refractivity contribution in [2.45, 2.75) is 69.2 Å². The molecule has 4 rings (SSSR count). The Balaban J connectivity index is 1.74. The number of ether oxygens (including phenoxy) is 2. The Bertz CT molecular complexity index is 291. The van der Waals surface area contributed by atoms with E-state index in [-0.39, 0.29) is 10.5 Å². The summed E-state index contributed by atoms with van der Waals surface area (Å²) >= 11 is 1.98. The van der Waals surface area contributed by atoms with E-state index in [2.05, 4.69) is 13.8 Å². The molecule has 1 aliphatic carbocycles. The molecule has 3 aliphatic heterocycles. The van der Waals surface area contributed by atoms with E-state index in [9.17, 15) is 0 Å². The second-order valence-electron chi connectivity index (χ2n) is 6.39. The van der Waals surface area contributed by atoms with Crippen molar-refractivity contribution in [1.82, 2.24) is 0 Å². The van der Waals surface area contributed by atoms with Crippen molar-refractivity contribution in [1.29, 1.82) is 0 Å². The standard InChI is InChI=1S/C15H26O2S/c1-3-9-14-10-16-15(17-11-14,18-12(14)2)13-7-5-4-6-8-13/h12-13H,3-11H2,1-2H3. The minimum Gasteiger partial charge on any atom is -0.340 e. The Kier molecular flexibility index (Phi) is 3.68. The largest absolute Gasteiger partial charge is 0.340 e. The fourth-order valence-corrected chi connectivity index (χ4v) is 5.56. The summed E-state index contributed by atoms with van der Waals surface area (Å²) in [4.78, 5) is 0. The Hall–Kier alpha value is 0.270. The maximum absolute atomic E-state index is 6.27. The maximum atomic E-state index is 6.27. The second kappa shape index (κ2) is 4.99. The van der Waals surface area contributed by atoms with Crippen LogP contribution in [-0.4, -0.2) is 23.6 Å². The molecule has 0 radical (unpaired) electrons. The first-order valence-electron chi connectivity index (χ1n) is 7.66. The Labute approximate surface area is 115 Å². The first-order chi connectivity index (χ1) is 8.71. The van der Waals surface area contributed by atoms with Gasteiger partial charge in [0, 0.05) is 16.6 Å². The molecule has 3 saturated heterocycles. The first kappa shape index (κ1) is 13.3. The zero-order valence-corrected chi connectivity index (χ0v) is 12.6. The van der Waals surface area contributed by atoms with Gasteiger partial charge in [0.1, 0.15) is 0 Å². The third kappa shape index (κ3) is 2.03. The number of rotatable bonds is 3. The number of fused-ring (bicyclic) bond motifs is 3. The molecular weight excluding hydrogens is 244 g/mol. The van der Waals surface area contributed by atoms with E-state index in [1.165, 1.54) is 44.9 Å². The molecule has 0 N–H and O–H groups in total. The van der Waals surface area contributed by atoms with Crippen LogP contribution in [0, 0.1) is 11.3 Å². The molecule has 1 unspecified atom stereocenters. The summed E-state index contributed by atoms with van der Waals surface area (Å²) in [5, 5.41) is 0.400. The van der Waals surface area contributed by atoms with Gasteiger partial charge >= 0.3 is 0 Å². The van der Waals surface area contributed by atoms with Crippen molar-refractivity contribution < 1.29 is 9.47 Å². The summed E-state index contributed by atoms with van der Waals surface area (Å²) in [6, 6.07) is 0. The SMILES string of the molecule is CCCC12COC(C3CCCCC3)(OC1)SC2C. The lowest BCUT2D eigenvalue weighted by Crippen LogP contribution is -2.61. The third-order valence-corrected chi connectivity index (χ3v) is 6.93. The van der Waals surface area contributed by atoms with Crippen LogP contribution in [0.1, 0.15) is 58.8 Å². The maximum Gasteiger partial charge on any atom is 0.221 e. The molecule has 2 nitrogen and oxygen atoms in total. The summed E-state index contributed by atoms with van der Waals surface area (Å²) in [6.45, 7) is 6.50. The molecule has 104 valence electrons. The summed E-state index contributed by atoms with van der Waals surface area (Å²) < 4.78 is 12.5. The van der Waals surface area contributed by atoms with E-state index >= 15 is 0 Å². The predicted octanol–water partition coefficient (Wildman–Crippen LogP) is 4.19. The van der Waals surface area contributed by atoms with E-state index < -0.39 is 0 Å². The van der Waals surface area contributed by atoms with E-state index in [1.807, 2.05) is 11.8 Å². The third-order valence-electron chi connectivity index (χ3n) is 5.18. The van der Waals surface area contributed by atoms with E-state index in [0.29, 0.717) is 11.2 Å². The Morgan fingerprint density at radius 1 is 1.11 bits per heavy atom. The van der Waals surface area contributed by atoms with Crippen LogP contribution in [0.4, 0.5) is 0 Å². The van der Waals surface area contributed by atoms with Crippen LogP contribution < -0.4 is 0 Å². The van der Waals surface area contributed by atoms with Crippen LogP contribution in [0.15, 0.2) is 0 Å². The molecule has 2 bridgehead atoms. The lowest BCUT2D eigenvalue weighted by molar-refractivity contribution is -0.289. The molecule has 4 aliphatic rings. The summed E-state index contributed by atoms with van der Waals surface area (Å²) in [5.41, 5.74) is 0.288. The van der Waals surface area contributed by atoms with Gasteiger partial charge in [-0.3, -0.25) is 0 Å². The van der Waals surface area contributed by atoms with Crippen LogP contribution >= 0.6 is 11.8 Å². The average molecular weight is 270 g/mol. The lowest BCUT2D eigenvalue weighted by atomic mass is 9.80. The van der Waals surface area contributed by atoms with Crippen LogP contribution in [0.5, 0.6) is 0 Å². The van der Waals surface area contributed by atoms with Crippen LogP contribution in [0.3, 0.4) is 0 Å². The number of hydrogen-bond donors (Lipinski definition) is 0. The molecule has 1 saturated carbocycles. The van der Waals surface area contributed by atoms with Gasteiger partial charge in [0.25, 0.3) is 0 Å². The topological polar surface area (TPSA) is 18.5 Å². The zero-order valence-electron chi connectivity index (χ0n) is 11.7. The highest BCUT2D eigenvalue weighted by Gasteiger charge is 2.58. The molecular formula is C15H26O2S. The quantitative estimate of drug-likeness (QED) is 0.766. The predicted molar refractivity (Wildman–Crippen MR) is 75.6 cm³/mol. The van der Waals surface area contributed by atoms with Crippen LogP contribution in [0.25, 0.3) is 0 Å². The van der Waals surface area contributed by atoms with Crippen molar-refractivity contribution in [3.8, 4) is 0 Å². The monoisotopic (exact) mass is 270 g/mol. The van der Waals surface area contributed by atoms with E-state index in [4.69, 9.17) is 9.47 Å².